The topological polar surface area (TPSA) is 69.2 Å². The van der Waals surface area contributed by atoms with Gasteiger partial charge >= 0.3 is 0 Å². The molecule has 0 unspecified atom stereocenters. The minimum absolute atomic E-state index is 0.116. The molecular weight excluding hydrogens is 355 g/mol. The maximum atomic E-state index is 11.2. The molecule has 2 rings (SSSR count). The predicted molar refractivity (Wildman–Crippen MR) is 83.9 cm³/mol. The molecule has 0 aromatic heterocycles. The first kappa shape index (κ1) is 14.0. The van der Waals surface area contributed by atoms with Gasteiger partial charge in [0, 0.05) is 16.2 Å². The number of hydrogen-bond donors (Lipinski definition) is 1. The van der Waals surface area contributed by atoms with Crippen LogP contribution in [0.4, 0.5) is 5.69 Å². The van der Waals surface area contributed by atoms with Gasteiger partial charge in [0.25, 0.3) is 5.69 Å². The standard InChI is InChI=1S/C14H13IN2O2/c1-9-2-4-10(5-3-9)12-6-11(8-16)13(15)7-14(12)17(18)19/h2-7H,8,16H2,1H3. The van der Waals surface area contributed by atoms with Crippen LogP contribution in [0.25, 0.3) is 11.1 Å². The molecule has 0 fully saturated rings. The molecule has 2 aromatic rings. The largest absolute Gasteiger partial charge is 0.326 e. The van der Waals surface area contributed by atoms with Crippen LogP contribution in [0.1, 0.15) is 11.1 Å². The molecule has 0 aliphatic carbocycles. The Bertz CT molecular complexity index is 624. The average molecular weight is 368 g/mol. The van der Waals surface area contributed by atoms with Crippen molar-refractivity contribution in [3.05, 3.63) is 61.2 Å². The molecule has 2 N–H and O–H groups in total. The molecule has 0 saturated carbocycles. The summed E-state index contributed by atoms with van der Waals surface area (Å²) in [7, 11) is 0. The third-order valence-corrected chi connectivity index (χ3v) is 3.95. The van der Waals surface area contributed by atoms with E-state index in [2.05, 4.69) is 22.6 Å². The second-order valence-corrected chi connectivity index (χ2v) is 5.45. The number of hydrogen-bond acceptors (Lipinski definition) is 3. The molecule has 0 amide bonds. The summed E-state index contributed by atoms with van der Waals surface area (Å²) in [5.74, 6) is 0. The number of aryl methyl sites for hydroxylation is 1. The van der Waals surface area contributed by atoms with Crippen LogP contribution in [0, 0.1) is 20.6 Å². The summed E-state index contributed by atoms with van der Waals surface area (Å²) in [6.45, 7) is 2.35. The highest BCUT2D eigenvalue weighted by molar-refractivity contribution is 14.1. The molecular formula is C14H13IN2O2. The van der Waals surface area contributed by atoms with E-state index in [1.54, 1.807) is 6.07 Å². The Morgan fingerprint density at radius 3 is 2.42 bits per heavy atom. The number of halogens is 1. The van der Waals surface area contributed by atoms with Crippen molar-refractivity contribution in [2.24, 2.45) is 5.73 Å². The molecule has 4 nitrogen and oxygen atoms in total. The van der Waals surface area contributed by atoms with E-state index in [4.69, 9.17) is 5.73 Å². The molecule has 0 bridgehead atoms. The molecule has 98 valence electrons. The monoisotopic (exact) mass is 368 g/mol. The molecule has 2 aromatic carbocycles. The van der Waals surface area contributed by atoms with Gasteiger partial charge in [-0.15, -0.1) is 0 Å². The van der Waals surface area contributed by atoms with Crippen LogP contribution in [-0.2, 0) is 6.54 Å². The van der Waals surface area contributed by atoms with Gasteiger partial charge < -0.3 is 5.73 Å². The van der Waals surface area contributed by atoms with Gasteiger partial charge in [0.2, 0.25) is 0 Å². The Balaban J connectivity index is 2.66. The minimum Gasteiger partial charge on any atom is -0.326 e. The van der Waals surface area contributed by atoms with Crippen LogP contribution in [0.15, 0.2) is 36.4 Å². The van der Waals surface area contributed by atoms with Crippen molar-refractivity contribution in [1.29, 1.82) is 0 Å². The van der Waals surface area contributed by atoms with Crippen LogP contribution in [0.3, 0.4) is 0 Å². The summed E-state index contributed by atoms with van der Waals surface area (Å²) in [5.41, 5.74) is 9.28. The summed E-state index contributed by atoms with van der Waals surface area (Å²) in [6.07, 6.45) is 0. The zero-order valence-corrected chi connectivity index (χ0v) is 12.5. The lowest BCUT2D eigenvalue weighted by Crippen LogP contribution is -2.02. The summed E-state index contributed by atoms with van der Waals surface area (Å²) >= 11 is 2.08. The quantitative estimate of drug-likeness (QED) is 0.511. The second kappa shape index (κ2) is 5.66. The van der Waals surface area contributed by atoms with E-state index in [9.17, 15) is 10.1 Å². The Labute approximate surface area is 124 Å². The van der Waals surface area contributed by atoms with Gasteiger partial charge in [0.05, 0.1) is 10.5 Å². The zero-order valence-electron chi connectivity index (χ0n) is 10.4. The summed E-state index contributed by atoms with van der Waals surface area (Å²) in [6, 6.07) is 11.1. The summed E-state index contributed by atoms with van der Waals surface area (Å²) in [4.78, 5) is 10.8. The van der Waals surface area contributed by atoms with Crippen LogP contribution >= 0.6 is 22.6 Å². The first-order valence-corrected chi connectivity index (χ1v) is 6.84. The molecule has 19 heavy (non-hydrogen) atoms. The first-order chi connectivity index (χ1) is 9.02. The third kappa shape index (κ3) is 2.93. The van der Waals surface area contributed by atoms with Gasteiger partial charge in [-0.2, -0.15) is 0 Å². The number of benzene rings is 2. The highest BCUT2D eigenvalue weighted by Gasteiger charge is 2.18. The molecule has 0 atom stereocenters. The molecule has 0 heterocycles. The lowest BCUT2D eigenvalue weighted by molar-refractivity contribution is -0.384. The number of nitro groups is 1. The van der Waals surface area contributed by atoms with E-state index in [0.29, 0.717) is 12.1 Å². The van der Waals surface area contributed by atoms with Crippen LogP contribution in [0.5, 0.6) is 0 Å². The lowest BCUT2D eigenvalue weighted by atomic mass is 10.00. The maximum Gasteiger partial charge on any atom is 0.278 e. The molecule has 0 spiro atoms. The minimum atomic E-state index is -0.350. The lowest BCUT2D eigenvalue weighted by Gasteiger charge is -2.08. The van der Waals surface area contributed by atoms with E-state index in [-0.39, 0.29) is 10.6 Å². The van der Waals surface area contributed by atoms with Crippen molar-refractivity contribution in [2.75, 3.05) is 0 Å². The van der Waals surface area contributed by atoms with Gasteiger partial charge in [-0.3, -0.25) is 10.1 Å². The summed E-state index contributed by atoms with van der Waals surface area (Å²) < 4.78 is 0.822. The van der Waals surface area contributed by atoms with Gasteiger partial charge in [-0.05, 0) is 46.7 Å². The number of nitrogens with two attached hydrogens (primary N) is 1. The smallest absolute Gasteiger partial charge is 0.278 e. The Hall–Kier alpha value is -1.47. The number of rotatable bonds is 3. The zero-order chi connectivity index (χ0) is 14.0. The maximum absolute atomic E-state index is 11.2. The van der Waals surface area contributed by atoms with Crippen LogP contribution in [0.2, 0.25) is 0 Å². The second-order valence-electron chi connectivity index (χ2n) is 4.29. The molecule has 0 radical (unpaired) electrons. The first-order valence-electron chi connectivity index (χ1n) is 5.77. The normalized spacial score (nSPS) is 10.5. The Morgan fingerprint density at radius 1 is 1.26 bits per heavy atom. The fourth-order valence-corrected chi connectivity index (χ4v) is 2.55. The van der Waals surface area contributed by atoms with E-state index >= 15 is 0 Å². The predicted octanol–water partition coefficient (Wildman–Crippen LogP) is 3.63. The fourth-order valence-electron chi connectivity index (χ4n) is 1.88. The third-order valence-electron chi connectivity index (χ3n) is 2.94. The van der Waals surface area contributed by atoms with Crippen molar-refractivity contribution >= 4 is 28.3 Å². The number of nitrogens with zero attached hydrogens (tertiary/aromatic N) is 1. The Morgan fingerprint density at radius 2 is 1.89 bits per heavy atom. The van der Waals surface area contributed by atoms with E-state index in [1.165, 1.54) is 0 Å². The molecule has 5 heteroatoms. The summed E-state index contributed by atoms with van der Waals surface area (Å²) in [5, 5.41) is 11.2. The average Bonchev–Trinajstić information content (AvgIpc) is 2.39. The van der Waals surface area contributed by atoms with Crippen LogP contribution < -0.4 is 5.73 Å². The van der Waals surface area contributed by atoms with Crippen molar-refractivity contribution in [3.8, 4) is 11.1 Å². The number of nitro benzene ring substituents is 1. The molecule has 0 aliphatic rings. The SMILES string of the molecule is Cc1ccc(-c2cc(CN)c(I)cc2[N+](=O)[O-])cc1. The van der Waals surface area contributed by atoms with E-state index in [0.717, 1.165) is 20.3 Å². The van der Waals surface area contributed by atoms with Crippen LogP contribution in [-0.4, -0.2) is 4.92 Å². The van der Waals surface area contributed by atoms with Gasteiger partial charge in [-0.1, -0.05) is 29.8 Å². The van der Waals surface area contributed by atoms with Gasteiger partial charge in [0.1, 0.15) is 0 Å². The highest BCUT2D eigenvalue weighted by atomic mass is 127. The highest BCUT2D eigenvalue weighted by Crippen LogP contribution is 2.33. The van der Waals surface area contributed by atoms with E-state index < -0.39 is 0 Å². The van der Waals surface area contributed by atoms with Crippen molar-refractivity contribution in [3.63, 3.8) is 0 Å². The van der Waals surface area contributed by atoms with Crippen molar-refractivity contribution < 1.29 is 4.92 Å². The van der Waals surface area contributed by atoms with Crippen molar-refractivity contribution in [1.82, 2.24) is 0 Å². The fraction of sp³-hybridized carbons (Fsp3) is 0.143. The van der Waals surface area contributed by atoms with E-state index in [1.807, 2.05) is 37.3 Å². The molecule has 0 aliphatic heterocycles. The molecule has 0 saturated heterocycles. The van der Waals surface area contributed by atoms with Gasteiger partial charge in [-0.25, -0.2) is 0 Å². The van der Waals surface area contributed by atoms with Crippen molar-refractivity contribution in [2.45, 2.75) is 13.5 Å². The van der Waals surface area contributed by atoms with Gasteiger partial charge in [0.15, 0.2) is 0 Å². The Kier molecular flexibility index (Phi) is 4.16.